The smallest absolute Gasteiger partial charge is 0.268 e. The first-order chi connectivity index (χ1) is 10.6. The second-order valence-electron chi connectivity index (χ2n) is 5.29. The molecule has 2 aromatic heterocycles. The summed E-state index contributed by atoms with van der Waals surface area (Å²) in [6.07, 6.45) is 4.36. The molecular weight excluding hydrogens is 323 g/mol. The molecule has 0 aliphatic carbocycles. The van der Waals surface area contributed by atoms with Crippen LogP contribution in [-0.2, 0) is 0 Å². The van der Waals surface area contributed by atoms with Gasteiger partial charge in [0.05, 0.1) is 10.0 Å². The summed E-state index contributed by atoms with van der Waals surface area (Å²) in [4.78, 5) is 16.6. The lowest BCUT2D eigenvalue weighted by Crippen LogP contribution is -2.31. The van der Waals surface area contributed by atoms with E-state index in [2.05, 4.69) is 15.6 Å². The van der Waals surface area contributed by atoms with Gasteiger partial charge in [0, 0.05) is 18.9 Å². The number of nitrogens with one attached hydrogen (secondary N) is 2. The van der Waals surface area contributed by atoms with Gasteiger partial charge in [0.15, 0.2) is 5.82 Å². The van der Waals surface area contributed by atoms with E-state index >= 15 is 0 Å². The molecule has 1 unspecified atom stereocenters. The van der Waals surface area contributed by atoms with E-state index < -0.39 is 0 Å². The molecule has 0 aromatic carbocycles. The van der Waals surface area contributed by atoms with Crippen molar-refractivity contribution in [1.29, 1.82) is 0 Å². The predicted molar refractivity (Wildman–Crippen MR) is 86.9 cm³/mol. The zero-order chi connectivity index (χ0) is 15.5. The average molecular weight is 339 g/mol. The van der Waals surface area contributed by atoms with Crippen LogP contribution in [-0.4, -0.2) is 35.1 Å². The summed E-state index contributed by atoms with van der Waals surface area (Å²) in [7, 11) is 0. The highest BCUT2D eigenvalue weighted by Crippen LogP contribution is 2.23. The van der Waals surface area contributed by atoms with Crippen molar-refractivity contribution >= 4 is 29.1 Å². The van der Waals surface area contributed by atoms with Crippen molar-refractivity contribution in [2.45, 2.75) is 6.42 Å². The van der Waals surface area contributed by atoms with Gasteiger partial charge in [-0.15, -0.1) is 0 Å². The molecule has 0 bridgehead atoms. The first-order valence-electron chi connectivity index (χ1n) is 7.13. The number of carbonyl (C=O) groups is 1. The van der Waals surface area contributed by atoms with Gasteiger partial charge in [-0.3, -0.25) is 9.36 Å². The Labute approximate surface area is 138 Å². The number of pyridine rings is 1. The normalized spacial score (nSPS) is 17.6. The van der Waals surface area contributed by atoms with Crippen LogP contribution in [0.4, 0.5) is 0 Å². The highest BCUT2D eigenvalue weighted by Gasteiger charge is 2.18. The van der Waals surface area contributed by atoms with Crippen molar-refractivity contribution in [2.75, 3.05) is 19.6 Å². The first kappa shape index (κ1) is 15.3. The zero-order valence-corrected chi connectivity index (χ0v) is 13.4. The molecule has 1 atom stereocenters. The topological polar surface area (TPSA) is 59.0 Å². The first-order valence-corrected chi connectivity index (χ1v) is 7.88. The van der Waals surface area contributed by atoms with Crippen molar-refractivity contribution < 1.29 is 4.79 Å². The van der Waals surface area contributed by atoms with E-state index in [-0.39, 0.29) is 5.91 Å². The number of rotatable bonds is 4. The Morgan fingerprint density at radius 1 is 1.50 bits per heavy atom. The average Bonchev–Trinajstić information content (AvgIpc) is 3.16. The minimum atomic E-state index is -0.135. The molecule has 2 N–H and O–H groups in total. The number of aromatic nitrogens is 2. The van der Waals surface area contributed by atoms with E-state index in [4.69, 9.17) is 23.2 Å². The van der Waals surface area contributed by atoms with Gasteiger partial charge in [-0.05, 0) is 43.6 Å². The van der Waals surface area contributed by atoms with Gasteiger partial charge in [0.1, 0.15) is 5.69 Å². The molecule has 1 aliphatic heterocycles. The molecule has 1 aliphatic rings. The second-order valence-corrected chi connectivity index (χ2v) is 6.13. The highest BCUT2D eigenvalue weighted by molar-refractivity contribution is 6.35. The van der Waals surface area contributed by atoms with Crippen LogP contribution >= 0.6 is 23.2 Å². The van der Waals surface area contributed by atoms with Crippen LogP contribution in [0.25, 0.3) is 5.82 Å². The van der Waals surface area contributed by atoms with Gasteiger partial charge in [0.25, 0.3) is 5.91 Å². The van der Waals surface area contributed by atoms with Crippen molar-refractivity contribution in [3.63, 3.8) is 0 Å². The van der Waals surface area contributed by atoms with Crippen LogP contribution in [0.2, 0.25) is 10.0 Å². The number of hydrogen-bond acceptors (Lipinski definition) is 3. The number of carbonyl (C=O) groups excluding carboxylic acids is 1. The molecule has 7 heteroatoms. The van der Waals surface area contributed by atoms with Crippen LogP contribution < -0.4 is 10.6 Å². The Morgan fingerprint density at radius 2 is 2.36 bits per heavy atom. The van der Waals surface area contributed by atoms with Gasteiger partial charge in [-0.1, -0.05) is 23.2 Å². The van der Waals surface area contributed by atoms with E-state index in [0.717, 1.165) is 19.5 Å². The third-order valence-corrected chi connectivity index (χ3v) is 4.20. The summed E-state index contributed by atoms with van der Waals surface area (Å²) in [6.45, 7) is 2.63. The van der Waals surface area contributed by atoms with Crippen molar-refractivity contribution in [3.05, 3.63) is 46.3 Å². The van der Waals surface area contributed by atoms with Crippen molar-refractivity contribution in [3.8, 4) is 5.82 Å². The van der Waals surface area contributed by atoms with Crippen LogP contribution in [0.1, 0.15) is 16.9 Å². The fourth-order valence-corrected chi connectivity index (χ4v) is 3.02. The molecule has 0 radical (unpaired) electrons. The third-order valence-electron chi connectivity index (χ3n) is 3.71. The fourth-order valence-electron chi connectivity index (χ4n) is 2.55. The Balaban J connectivity index is 1.77. The van der Waals surface area contributed by atoms with Gasteiger partial charge in [-0.25, -0.2) is 4.98 Å². The molecule has 0 saturated carbocycles. The van der Waals surface area contributed by atoms with Gasteiger partial charge in [0.2, 0.25) is 0 Å². The van der Waals surface area contributed by atoms with Gasteiger partial charge < -0.3 is 10.6 Å². The van der Waals surface area contributed by atoms with Gasteiger partial charge >= 0.3 is 0 Å². The lowest BCUT2D eigenvalue weighted by molar-refractivity contribution is 0.0941. The SMILES string of the molecule is O=C(NCC1CCNC1)c1cccn1-c1ncc(Cl)cc1Cl. The maximum Gasteiger partial charge on any atom is 0.268 e. The predicted octanol–water partition coefficient (Wildman–Crippen LogP) is 2.52. The molecule has 1 saturated heterocycles. The van der Waals surface area contributed by atoms with Crippen LogP contribution in [0.3, 0.4) is 0 Å². The maximum absolute atomic E-state index is 12.4. The summed E-state index contributed by atoms with van der Waals surface area (Å²) in [5, 5.41) is 7.12. The number of amides is 1. The second kappa shape index (κ2) is 6.69. The minimum absolute atomic E-state index is 0.135. The highest BCUT2D eigenvalue weighted by atomic mass is 35.5. The summed E-state index contributed by atoms with van der Waals surface area (Å²) in [5.41, 5.74) is 0.502. The summed E-state index contributed by atoms with van der Waals surface area (Å²) >= 11 is 12.0. The Kier molecular flexibility index (Phi) is 4.66. The van der Waals surface area contributed by atoms with Crippen molar-refractivity contribution in [1.82, 2.24) is 20.2 Å². The van der Waals surface area contributed by atoms with Crippen LogP contribution in [0, 0.1) is 5.92 Å². The molecular formula is C15H16Cl2N4O. The standard InChI is InChI=1S/C15H16Cl2N4O/c16-11-6-12(17)14(19-9-11)21-5-1-2-13(21)15(22)20-8-10-3-4-18-7-10/h1-2,5-6,9-10,18H,3-4,7-8H2,(H,20,22). The lowest BCUT2D eigenvalue weighted by atomic mass is 10.1. The summed E-state index contributed by atoms with van der Waals surface area (Å²) < 4.78 is 1.67. The molecule has 1 fully saturated rings. The molecule has 116 valence electrons. The number of hydrogen-bond donors (Lipinski definition) is 2. The lowest BCUT2D eigenvalue weighted by Gasteiger charge is -2.12. The van der Waals surface area contributed by atoms with Crippen molar-refractivity contribution in [2.24, 2.45) is 5.92 Å². The minimum Gasteiger partial charge on any atom is -0.350 e. The molecule has 22 heavy (non-hydrogen) atoms. The molecule has 3 rings (SSSR count). The van der Waals surface area contributed by atoms with E-state index in [9.17, 15) is 4.79 Å². The third kappa shape index (κ3) is 3.27. The van der Waals surface area contributed by atoms with Crippen LogP contribution in [0.15, 0.2) is 30.6 Å². The van der Waals surface area contributed by atoms with Gasteiger partial charge in [-0.2, -0.15) is 0 Å². The van der Waals surface area contributed by atoms with Crippen LogP contribution in [0.5, 0.6) is 0 Å². The molecule has 2 aromatic rings. The maximum atomic E-state index is 12.4. The molecule has 3 heterocycles. The molecule has 5 nitrogen and oxygen atoms in total. The zero-order valence-electron chi connectivity index (χ0n) is 11.9. The summed E-state index contributed by atoms with van der Waals surface area (Å²) in [6, 6.07) is 5.14. The Bertz CT molecular complexity index is 680. The van der Waals surface area contributed by atoms with E-state index in [1.807, 2.05) is 0 Å². The number of nitrogens with zero attached hydrogens (tertiary/aromatic N) is 2. The van der Waals surface area contributed by atoms with E-state index in [1.54, 1.807) is 29.0 Å². The van der Waals surface area contributed by atoms with E-state index in [0.29, 0.717) is 34.0 Å². The Morgan fingerprint density at radius 3 is 3.09 bits per heavy atom. The fraction of sp³-hybridized carbons (Fsp3) is 0.333. The summed E-state index contributed by atoms with van der Waals surface area (Å²) in [5.74, 6) is 0.845. The monoisotopic (exact) mass is 338 g/mol. The number of halogens is 2. The quantitative estimate of drug-likeness (QED) is 0.900. The molecule has 1 amide bonds. The Hall–Kier alpha value is -1.56. The van der Waals surface area contributed by atoms with E-state index in [1.165, 1.54) is 6.20 Å². The largest absolute Gasteiger partial charge is 0.350 e. The molecule has 0 spiro atoms.